The van der Waals surface area contributed by atoms with Crippen molar-refractivity contribution in [3.8, 4) is 0 Å². The Hall–Kier alpha value is -2.33. The van der Waals surface area contributed by atoms with Gasteiger partial charge in [-0.1, -0.05) is 24.3 Å². The van der Waals surface area contributed by atoms with E-state index in [4.69, 9.17) is 5.73 Å². The number of nitrogens with two attached hydrogens (primary N) is 1. The zero-order valence-electron chi connectivity index (χ0n) is 11.3. The lowest BCUT2D eigenvalue weighted by Crippen LogP contribution is -2.14. The van der Waals surface area contributed by atoms with Crippen molar-refractivity contribution in [1.29, 1.82) is 0 Å². The maximum absolute atomic E-state index is 13.3. The van der Waals surface area contributed by atoms with Gasteiger partial charge < -0.3 is 5.73 Å². The monoisotopic (exact) mass is 284 g/mol. The summed E-state index contributed by atoms with van der Waals surface area (Å²) in [5.74, 6) is -1.69. The highest BCUT2D eigenvalue weighted by atomic mass is 19.2. The number of fused-ring (bicyclic) bond motifs is 1. The average Bonchev–Trinajstić information content (AvgIpc) is 2.50. The van der Waals surface area contributed by atoms with Crippen LogP contribution in [0.4, 0.5) is 8.78 Å². The highest BCUT2D eigenvalue weighted by Gasteiger charge is 2.12. The number of hydrogen-bond acceptors (Lipinski definition) is 2. The second-order valence-corrected chi connectivity index (χ2v) is 4.98. The molecule has 3 aromatic rings. The first-order chi connectivity index (χ1) is 10.1. The van der Waals surface area contributed by atoms with Gasteiger partial charge in [-0.15, -0.1) is 0 Å². The van der Waals surface area contributed by atoms with Crippen molar-refractivity contribution in [3.05, 3.63) is 77.5 Å². The summed E-state index contributed by atoms with van der Waals surface area (Å²) in [6, 6.07) is 13.2. The molecule has 0 saturated carbocycles. The van der Waals surface area contributed by atoms with Gasteiger partial charge in [0.25, 0.3) is 0 Å². The SMILES string of the molecule is NC(Cc1ccc(F)c(F)c1)c1ccnc2ccccc12. The van der Waals surface area contributed by atoms with Crippen LogP contribution in [0, 0.1) is 11.6 Å². The van der Waals surface area contributed by atoms with Crippen LogP contribution in [-0.2, 0) is 6.42 Å². The smallest absolute Gasteiger partial charge is 0.159 e. The van der Waals surface area contributed by atoms with E-state index in [1.807, 2.05) is 30.3 Å². The predicted octanol–water partition coefficient (Wildman–Crippen LogP) is 3.76. The molecule has 0 saturated heterocycles. The Balaban J connectivity index is 1.93. The van der Waals surface area contributed by atoms with Gasteiger partial charge >= 0.3 is 0 Å². The maximum Gasteiger partial charge on any atom is 0.159 e. The third-order valence-electron chi connectivity index (χ3n) is 3.52. The number of rotatable bonds is 3. The van der Waals surface area contributed by atoms with Crippen LogP contribution >= 0.6 is 0 Å². The summed E-state index contributed by atoms with van der Waals surface area (Å²) < 4.78 is 26.2. The largest absolute Gasteiger partial charge is 0.324 e. The van der Waals surface area contributed by atoms with Crippen molar-refractivity contribution in [2.24, 2.45) is 5.73 Å². The Labute approximate surface area is 121 Å². The minimum absolute atomic E-state index is 0.303. The molecule has 1 aromatic heterocycles. The average molecular weight is 284 g/mol. The number of pyridine rings is 1. The minimum atomic E-state index is -0.848. The van der Waals surface area contributed by atoms with E-state index in [9.17, 15) is 8.78 Å². The number of aromatic nitrogens is 1. The number of hydrogen-bond donors (Lipinski definition) is 1. The Morgan fingerprint density at radius 3 is 2.62 bits per heavy atom. The number of para-hydroxylation sites is 1. The molecule has 2 N–H and O–H groups in total. The Bertz CT molecular complexity index is 781. The lowest BCUT2D eigenvalue weighted by atomic mass is 9.97. The predicted molar refractivity (Wildman–Crippen MR) is 78.7 cm³/mol. The molecule has 0 spiro atoms. The van der Waals surface area contributed by atoms with Crippen LogP contribution in [0.1, 0.15) is 17.2 Å². The van der Waals surface area contributed by atoms with Crippen LogP contribution < -0.4 is 5.73 Å². The molecule has 106 valence electrons. The summed E-state index contributed by atoms with van der Waals surface area (Å²) in [5.41, 5.74) is 8.73. The third kappa shape index (κ3) is 2.76. The van der Waals surface area contributed by atoms with Gasteiger partial charge in [-0.25, -0.2) is 8.78 Å². The summed E-state index contributed by atoms with van der Waals surface area (Å²) in [4.78, 5) is 4.29. The third-order valence-corrected chi connectivity index (χ3v) is 3.52. The van der Waals surface area contributed by atoms with Gasteiger partial charge in [-0.3, -0.25) is 4.98 Å². The Kier molecular flexibility index (Phi) is 3.62. The fraction of sp³-hybridized carbons (Fsp3) is 0.118. The van der Waals surface area contributed by atoms with Crippen LogP contribution in [0.2, 0.25) is 0 Å². The molecule has 0 aliphatic heterocycles. The van der Waals surface area contributed by atoms with Crippen molar-refractivity contribution in [1.82, 2.24) is 4.98 Å². The van der Waals surface area contributed by atoms with Crippen molar-refractivity contribution in [2.75, 3.05) is 0 Å². The lowest BCUT2D eigenvalue weighted by molar-refractivity contribution is 0.506. The summed E-state index contributed by atoms with van der Waals surface area (Å²) in [7, 11) is 0. The standard InChI is InChI=1S/C17H14F2N2/c18-14-6-5-11(9-15(14)19)10-16(20)12-7-8-21-17-4-2-1-3-13(12)17/h1-9,16H,10,20H2. The van der Waals surface area contributed by atoms with E-state index < -0.39 is 11.6 Å². The molecule has 21 heavy (non-hydrogen) atoms. The quantitative estimate of drug-likeness (QED) is 0.795. The minimum Gasteiger partial charge on any atom is -0.324 e. The van der Waals surface area contributed by atoms with Crippen molar-refractivity contribution < 1.29 is 8.78 Å². The van der Waals surface area contributed by atoms with Crippen LogP contribution in [0.15, 0.2) is 54.7 Å². The molecule has 0 bridgehead atoms. The Morgan fingerprint density at radius 2 is 1.81 bits per heavy atom. The first-order valence-corrected chi connectivity index (χ1v) is 6.68. The van der Waals surface area contributed by atoms with E-state index in [1.54, 1.807) is 12.3 Å². The van der Waals surface area contributed by atoms with E-state index >= 15 is 0 Å². The van der Waals surface area contributed by atoms with Gasteiger partial charge in [0.2, 0.25) is 0 Å². The number of halogens is 2. The molecule has 3 rings (SSSR count). The van der Waals surface area contributed by atoms with Gasteiger partial charge in [-0.2, -0.15) is 0 Å². The molecule has 0 fully saturated rings. The molecular formula is C17H14F2N2. The summed E-state index contributed by atoms with van der Waals surface area (Å²) in [6.45, 7) is 0. The van der Waals surface area contributed by atoms with Gasteiger partial charge in [0.05, 0.1) is 5.52 Å². The second-order valence-electron chi connectivity index (χ2n) is 4.98. The highest BCUT2D eigenvalue weighted by molar-refractivity contribution is 5.82. The van der Waals surface area contributed by atoms with E-state index in [2.05, 4.69) is 4.98 Å². The summed E-state index contributed by atoms with van der Waals surface area (Å²) >= 11 is 0. The summed E-state index contributed by atoms with van der Waals surface area (Å²) in [6.07, 6.45) is 2.15. The molecule has 4 heteroatoms. The van der Waals surface area contributed by atoms with Gasteiger partial charge in [0.15, 0.2) is 11.6 Å². The lowest BCUT2D eigenvalue weighted by Gasteiger charge is -2.14. The maximum atomic E-state index is 13.3. The van der Waals surface area contributed by atoms with Crippen LogP contribution in [0.3, 0.4) is 0 Å². The Morgan fingerprint density at radius 1 is 1.00 bits per heavy atom. The number of nitrogens with zero attached hydrogens (tertiary/aromatic N) is 1. The van der Waals surface area contributed by atoms with Crippen molar-refractivity contribution >= 4 is 10.9 Å². The zero-order valence-corrected chi connectivity index (χ0v) is 11.3. The van der Waals surface area contributed by atoms with E-state index in [1.165, 1.54) is 6.07 Å². The zero-order chi connectivity index (χ0) is 14.8. The fourth-order valence-corrected chi connectivity index (χ4v) is 2.47. The van der Waals surface area contributed by atoms with Crippen LogP contribution in [0.25, 0.3) is 10.9 Å². The number of benzene rings is 2. The van der Waals surface area contributed by atoms with E-state index in [0.29, 0.717) is 12.0 Å². The molecule has 2 aromatic carbocycles. The second kappa shape index (κ2) is 5.58. The molecule has 1 heterocycles. The molecule has 2 nitrogen and oxygen atoms in total. The van der Waals surface area contributed by atoms with E-state index in [-0.39, 0.29) is 6.04 Å². The summed E-state index contributed by atoms with van der Waals surface area (Å²) in [5, 5.41) is 0.982. The van der Waals surface area contributed by atoms with Crippen molar-refractivity contribution in [3.63, 3.8) is 0 Å². The van der Waals surface area contributed by atoms with E-state index in [0.717, 1.165) is 22.5 Å². The highest BCUT2D eigenvalue weighted by Crippen LogP contribution is 2.24. The molecule has 0 amide bonds. The first-order valence-electron chi connectivity index (χ1n) is 6.68. The first kappa shape index (κ1) is 13.6. The molecule has 1 atom stereocenters. The van der Waals surface area contributed by atoms with Gasteiger partial charge in [-0.05, 0) is 41.8 Å². The van der Waals surface area contributed by atoms with Gasteiger partial charge in [0.1, 0.15) is 0 Å². The van der Waals surface area contributed by atoms with Crippen LogP contribution in [0.5, 0.6) is 0 Å². The van der Waals surface area contributed by atoms with Crippen LogP contribution in [-0.4, -0.2) is 4.98 Å². The normalized spacial score (nSPS) is 12.5. The van der Waals surface area contributed by atoms with Crippen molar-refractivity contribution in [2.45, 2.75) is 12.5 Å². The topological polar surface area (TPSA) is 38.9 Å². The molecule has 1 unspecified atom stereocenters. The molecular weight excluding hydrogens is 270 g/mol. The molecule has 0 aliphatic carbocycles. The van der Waals surface area contributed by atoms with Gasteiger partial charge in [0, 0.05) is 17.6 Å². The fourth-order valence-electron chi connectivity index (χ4n) is 2.47. The molecule has 0 aliphatic rings. The molecule has 0 radical (unpaired) electrons.